The van der Waals surface area contributed by atoms with Gasteiger partial charge in [-0.2, -0.15) is 0 Å². The molecular weight excluding hydrogens is 407 g/mol. The maximum Gasteiger partial charge on any atom is 0.193 e. The highest BCUT2D eigenvalue weighted by atomic mass is 127. The lowest BCUT2D eigenvalue weighted by Crippen LogP contribution is -2.39. The van der Waals surface area contributed by atoms with Crippen LogP contribution in [-0.2, 0) is 13.6 Å². The molecule has 0 saturated carbocycles. The molecule has 0 radical (unpaired) electrons. The lowest BCUT2D eigenvalue weighted by atomic mass is 10.4. The van der Waals surface area contributed by atoms with E-state index in [9.17, 15) is 0 Å². The zero-order valence-electron chi connectivity index (χ0n) is 11.4. The van der Waals surface area contributed by atoms with Crippen LogP contribution in [0.1, 0.15) is 19.0 Å². The molecule has 1 aromatic heterocycles. The van der Waals surface area contributed by atoms with Gasteiger partial charge in [-0.3, -0.25) is 4.99 Å². The van der Waals surface area contributed by atoms with Crippen LogP contribution in [0.3, 0.4) is 0 Å². The van der Waals surface area contributed by atoms with E-state index in [1.54, 1.807) is 0 Å². The number of aromatic nitrogens is 1. The fourth-order valence-electron chi connectivity index (χ4n) is 1.66. The molecule has 0 aliphatic carbocycles. The van der Waals surface area contributed by atoms with Crippen LogP contribution in [0, 0.1) is 0 Å². The minimum absolute atomic E-state index is 0. The first kappa shape index (κ1) is 17.8. The first-order valence-corrected chi connectivity index (χ1v) is 6.60. The number of aliphatic imine (C=N–C) groups is 1. The van der Waals surface area contributed by atoms with Gasteiger partial charge in [-0.05, 0) is 28.4 Å². The molecule has 0 unspecified atom stereocenters. The van der Waals surface area contributed by atoms with Gasteiger partial charge in [-0.1, -0.05) is 6.92 Å². The van der Waals surface area contributed by atoms with Crippen molar-refractivity contribution in [2.75, 3.05) is 20.6 Å². The van der Waals surface area contributed by atoms with E-state index in [4.69, 9.17) is 0 Å². The van der Waals surface area contributed by atoms with E-state index in [0.29, 0.717) is 0 Å². The van der Waals surface area contributed by atoms with Gasteiger partial charge in [0.1, 0.15) is 0 Å². The third kappa shape index (κ3) is 5.17. The summed E-state index contributed by atoms with van der Waals surface area (Å²) >= 11 is 3.48. The quantitative estimate of drug-likeness (QED) is 0.454. The van der Waals surface area contributed by atoms with E-state index in [1.165, 1.54) is 5.69 Å². The van der Waals surface area contributed by atoms with Gasteiger partial charge in [-0.15, -0.1) is 24.0 Å². The van der Waals surface area contributed by atoms with Crippen LogP contribution < -0.4 is 5.32 Å². The average molecular weight is 429 g/mol. The van der Waals surface area contributed by atoms with Crippen molar-refractivity contribution >= 4 is 45.9 Å². The van der Waals surface area contributed by atoms with E-state index >= 15 is 0 Å². The molecule has 0 amide bonds. The summed E-state index contributed by atoms with van der Waals surface area (Å²) in [5.41, 5.74) is 1.25. The Hall–Kier alpha value is -0.240. The zero-order chi connectivity index (χ0) is 12.8. The van der Waals surface area contributed by atoms with Crippen molar-refractivity contribution in [2.45, 2.75) is 19.9 Å². The van der Waals surface area contributed by atoms with Gasteiger partial charge in [0.25, 0.3) is 0 Å². The first-order valence-electron chi connectivity index (χ1n) is 5.81. The highest BCUT2D eigenvalue weighted by molar-refractivity contribution is 14.0. The molecule has 4 nitrogen and oxygen atoms in total. The molecule has 1 N–H and O–H groups in total. The second-order valence-corrected chi connectivity index (χ2v) is 5.01. The Bertz CT molecular complexity index is 389. The van der Waals surface area contributed by atoms with E-state index in [0.717, 1.165) is 29.9 Å². The number of hydrogen-bond donors (Lipinski definition) is 1. The molecule has 0 aliphatic rings. The Morgan fingerprint density at radius 3 is 2.67 bits per heavy atom. The molecule has 18 heavy (non-hydrogen) atoms. The predicted octanol–water partition coefficient (Wildman–Crippen LogP) is 2.82. The lowest BCUT2D eigenvalue weighted by Gasteiger charge is -2.22. The van der Waals surface area contributed by atoms with Crippen LogP contribution in [0.2, 0.25) is 0 Å². The van der Waals surface area contributed by atoms with Gasteiger partial charge in [-0.25, -0.2) is 0 Å². The standard InChI is InChI=1S/C12H21BrN4.HI/c1-5-6-15-12(14-2)17(4)9-11-7-10(13)8-16(11)3;/h7-8H,5-6,9H2,1-4H3,(H,14,15);1H. The lowest BCUT2D eigenvalue weighted by molar-refractivity contribution is 0.462. The number of rotatable bonds is 4. The summed E-state index contributed by atoms with van der Waals surface area (Å²) in [5.74, 6) is 0.934. The number of halogens is 2. The van der Waals surface area contributed by atoms with Gasteiger partial charge in [0.2, 0.25) is 0 Å². The van der Waals surface area contributed by atoms with Gasteiger partial charge < -0.3 is 14.8 Å². The molecule has 0 spiro atoms. The van der Waals surface area contributed by atoms with Gasteiger partial charge in [0, 0.05) is 44.1 Å². The number of aryl methyl sites for hydroxylation is 1. The molecule has 0 fully saturated rings. The summed E-state index contributed by atoms with van der Waals surface area (Å²) < 4.78 is 3.23. The molecule has 0 atom stereocenters. The predicted molar refractivity (Wildman–Crippen MR) is 91.6 cm³/mol. The van der Waals surface area contributed by atoms with Gasteiger partial charge in [0.15, 0.2) is 5.96 Å². The molecule has 0 bridgehead atoms. The topological polar surface area (TPSA) is 32.6 Å². The van der Waals surface area contributed by atoms with Crippen LogP contribution in [0.25, 0.3) is 0 Å². The molecule has 0 saturated heterocycles. The minimum atomic E-state index is 0. The van der Waals surface area contributed by atoms with E-state index in [-0.39, 0.29) is 24.0 Å². The highest BCUT2D eigenvalue weighted by Crippen LogP contribution is 2.14. The third-order valence-corrected chi connectivity index (χ3v) is 3.01. The summed E-state index contributed by atoms with van der Waals surface area (Å²) in [7, 11) is 5.91. The minimum Gasteiger partial charge on any atom is -0.356 e. The largest absolute Gasteiger partial charge is 0.356 e. The van der Waals surface area contributed by atoms with Crippen LogP contribution in [0.4, 0.5) is 0 Å². The summed E-state index contributed by atoms with van der Waals surface area (Å²) in [6.45, 7) is 3.94. The fraction of sp³-hybridized carbons (Fsp3) is 0.583. The van der Waals surface area contributed by atoms with Crippen LogP contribution in [0.15, 0.2) is 21.7 Å². The van der Waals surface area contributed by atoms with Crippen molar-refractivity contribution in [1.82, 2.24) is 14.8 Å². The zero-order valence-corrected chi connectivity index (χ0v) is 15.3. The molecule has 0 aromatic carbocycles. The Balaban J connectivity index is 0.00000289. The highest BCUT2D eigenvalue weighted by Gasteiger charge is 2.08. The monoisotopic (exact) mass is 428 g/mol. The van der Waals surface area contributed by atoms with Crippen LogP contribution >= 0.6 is 39.9 Å². The molecule has 1 heterocycles. The Morgan fingerprint density at radius 2 is 2.22 bits per heavy atom. The molecular formula is C12H22BrIN4. The SMILES string of the molecule is CCCNC(=NC)N(C)Cc1cc(Br)cn1C.I. The molecule has 1 aromatic rings. The smallest absolute Gasteiger partial charge is 0.193 e. The van der Waals surface area contributed by atoms with E-state index in [1.807, 2.05) is 14.1 Å². The van der Waals surface area contributed by atoms with Crippen molar-refractivity contribution < 1.29 is 0 Å². The maximum absolute atomic E-state index is 4.27. The normalized spacial score (nSPS) is 11.1. The van der Waals surface area contributed by atoms with Gasteiger partial charge >= 0.3 is 0 Å². The van der Waals surface area contributed by atoms with Crippen molar-refractivity contribution in [3.8, 4) is 0 Å². The third-order valence-electron chi connectivity index (χ3n) is 2.58. The summed E-state index contributed by atoms with van der Waals surface area (Å²) in [6.07, 6.45) is 3.16. The Labute approximate surface area is 135 Å². The van der Waals surface area contributed by atoms with Crippen molar-refractivity contribution in [1.29, 1.82) is 0 Å². The molecule has 0 aliphatic heterocycles. The van der Waals surface area contributed by atoms with Crippen LogP contribution in [-0.4, -0.2) is 36.1 Å². The maximum atomic E-state index is 4.27. The number of nitrogens with one attached hydrogen (secondary N) is 1. The second-order valence-electron chi connectivity index (χ2n) is 4.09. The number of nitrogens with zero attached hydrogens (tertiary/aromatic N) is 3. The number of hydrogen-bond acceptors (Lipinski definition) is 1. The molecule has 104 valence electrons. The summed E-state index contributed by atoms with van der Waals surface area (Å²) in [6, 6.07) is 2.13. The first-order chi connectivity index (χ1) is 8.08. The average Bonchev–Trinajstić information content (AvgIpc) is 2.58. The van der Waals surface area contributed by atoms with E-state index in [2.05, 4.69) is 61.9 Å². The fourth-order valence-corrected chi connectivity index (χ4v) is 2.23. The Kier molecular flexibility index (Phi) is 8.67. The van der Waals surface area contributed by atoms with E-state index < -0.39 is 0 Å². The second kappa shape index (κ2) is 8.79. The summed E-state index contributed by atoms with van der Waals surface area (Å²) in [5, 5.41) is 3.32. The summed E-state index contributed by atoms with van der Waals surface area (Å²) in [4.78, 5) is 6.39. The number of guanidine groups is 1. The molecule has 1 rings (SSSR count). The van der Waals surface area contributed by atoms with Crippen LogP contribution in [0.5, 0.6) is 0 Å². The van der Waals surface area contributed by atoms with Crippen molar-refractivity contribution in [2.24, 2.45) is 12.0 Å². The molecule has 6 heteroatoms. The Morgan fingerprint density at radius 1 is 1.56 bits per heavy atom. The van der Waals surface area contributed by atoms with Crippen molar-refractivity contribution in [3.05, 3.63) is 22.4 Å². The van der Waals surface area contributed by atoms with Crippen molar-refractivity contribution in [3.63, 3.8) is 0 Å². The van der Waals surface area contributed by atoms with Gasteiger partial charge in [0.05, 0.1) is 6.54 Å².